The van der Waals surface area contributed by atoms with Crippen molar-refractivity contribution in [2.24, 2.45) is 11.0 Å². The van der Waals surface area contributed by atoms with Crippen LogP contribution in [0.25, 0.3) is 0 Å². The van der Waals surface area contributed by atoms with Crippen LogP contribution in [0.15, 0.2) is 47.6 Å². The Morgan fingerprint density at radius 1 is 1.25 bits per heavy atom. The molecule has 1 unspecified atom stereocenters. The molecule has 0 N–H and O–H groups in total. The third kappa shape index (κ3) is 3.77. The Morgan fingerprint density at radius 2 is 2.11 bits per heavy atom. The van der Waals surface area contributed by atoms with Crippen LogP contribution in [-0.4, -0.2) is 34.6 Å². The van der Waals surface area contributed by atoms with Crippen molar-refractivity contribution in [3.05, 3.63) is 70.0 Å². The van der Waals surface area contributed by atoms with Gasteiger partial charge in [0.2, 0.25) is 0 Å². The lowest BCUT2D eigenvalue weighted by Gasteiger charge is -2.29. The van der Waals surface area contributed by atoms with E-state index >= 15 is 0 Å². The smallest absolute Gasteiger partial charge is 0.251 e. The Hall–Kier alpha value is -2.75. The van der Waals surface area contributed by atoms with E-state index in [0.29, 0.717) is 35.7 Å². The maximum Gasteiger partial charge on any atom is 0.251 e. The van der Waals surface area contributed by atoms with Crippen molar-refractivity contribution in [3.8, 4) is 6.07 Å². The van der Waals surface area contributed by atoms with E-state index in [1.165, 1.54) is 17.1 Å². The topological polar surface area (TPSA) is 59.7 Å². The molecule has 2 aliphatic rings. The van der Waals surface area contributed by atoms with Gasteiger partial charge in [0.1, 0.15) is 5.82 Å². The number of nitriles is 1. The van der Waals surface area contributed by atoms with Crippen LogP contribution in [0.1, 0.15) is 23.1 Å². The average molecular weight is 397 g/mol. The van der Waals surface area contributed by atoms with Gasteiger partial charge in [-0.3, -0.25) is 9.69 Å². The summed E-state index contributed by atoms with van der Waals surface area (Å²) in [4.78, 5) is 14.9. The summed E-state index contributed by atoms with van der Waals surface area (Å²) in [6.07, 6.45) is 0.712. The van der Waals surface area contributed by atoms with Gasteiger partial charge in [-0.1, -0.05) is 29.8 Å². The Balaban J connectivity index is 1.46. The lowest BCUT2D eigenvalue weighted by Crippen LogP contribution is -2.41. The molecule has 1 saturated heterocycles. The van der Waals surface area contributed by atoms with E-state index in [9.17, 15) is 9.18 Å². The van der Waals surface area contributed by atoms with Gasteiger partial charge in [0.15, 0.2) is 0 Å². The summed E-state index contributed by atoms with van der Waals surface area (Å²) in [5.74, 6) is -0.625. The number of hydrogen-bond acceptors (Lipinski definition) is 4. The number of piperidine rings is 1. The minimum atomic E-state index is -0.405. The first kappa shape index (κ1) is 18.6. The number of fused-ring (bicyclic) bond motifs is 1. The van der Waals surface area contributed by atoms with Gasteiger partial charge in [0.25, 0.3) is 5.91 Å². The van der Waals surface area contributed by atoms with Crippen LogP contribution in [0.3, 0.4) is 0 Å². The number of nitrogens with zero attached hydrogens (tertiary/aromatic N) is 4. The molecule has 0 aromatic heterocycles. The zero-order chi connectivity index (χ0) is 19.7. The highest BCUT2D eigenvalue weighted by atomic mass is 35.5. The van der Waals surface area contributed by atoms with Crippen LogP contribution in [0, 0.1) is 23.1 Å². The van der Waals surface area contributed by atoms with Crippen LogP contribution < -0.4 is 0 Å². The molecule has 0 radical (unpaired) electrons. The highest BCUT2D eigenvalue weighted by Crippen LogP contribution is 2.28. The molecule has 0 spiro atoms. The third-order valence-electron chi connectivity index (χ3n) is 5.12. The van der Waals surface area contributed by atoms with Crippen molar-refractivity contribution in [3.63, 3.8) is 0 Å². The number of hydrazone groups is 1. The third-order valence-corrected chi connectivity index (χ3v) is 5.47. The maximum atomic E-state index is 13.2. The predicted octanol–water partition coefficient (Wildman–Crippen LogP) is 3.57. The van der Waals surface area contributed by atoms with Crippen molar-refractivity contribution in [2.45, 2.75) is 19.5 Å². The van der Waals surface area contributed by atoms with E-state index in [1.807, 2.05) is 18.2 Å². The number of amides is 1. The van der Waals surface area contributed by atoms with E-state index in [1.54, 1.807) is 12.1 Å². The predicted molar refractivity (Wildman–Crippen MR) is 104 cm³/mol. The molecule has 0 bridgehead atoms. The molecule has 1 fully saturated rings. The van der Waals surface area contributed by atoms with Gasteiger partial charge in [-0.15, -0.1) is 0 Å². The molecular weight excluding hydrogens is 379 g/mol. The number of carbonyl (C=O) groups is 1. The number of hydrogen-bond donors (Lipinski definition) is 0. The second kappa shape index (κ2) is 7.70. The van der Waals surface area contributed by atoms with Gasteiger partial charge in [0.05, 0.1) is 29.8 Å². The number of rotatable bonds is 4. The molecule has 142 valence electrons. The summed E-state index contributed by atoms with van der Waals surface area (Å²) in [7, 11) is 0. The molecule has 0 aliphatic carbocycles. The van der Waals surface area contributed by atoms with E-state index in [-0.39, 0.29) is 18.4 Å². The number of carbonyl (C=O) groups excluding carboxylic acids is 1. The molecular formula is C21H18ClFN4O. The Bertz CT molecular complexity index is 1000. The molecule has 0 saturated carbocycles. The molecule has 2 aliphatic heterocycles. The lowest BCUT2D eigenvalue weighted by molar-refractivity contribution is -0.132. The summed E-state index contributed by atoms with van der Waals surface area (Å²) in [5, 5.41) is 15.3. The van der Waals surface area contributed by atoms with Gasteiger partial charge >= 0.3 is 0 Å². The average Bonchev–Trinajstić information content (AvgIpc) is 2.99. The molecule has 2 aromatic rings. The highest BCUT2D eigenvalue weighted by molar-refractivity contribution is 6.31. The van der Waals surface area contributed by atoms with Gasteiger partial charge < -0.3 is 0 Å². The monoisotopic (exact) mass is 396 g/mol. The molecule has 2 heterocycles. The number of likely N-dealkylation sites (tertiary alicyclic amines) is 1. The first-order valence-corrected chi connectivity index (χ1v) is 9.45. The fraction of sp³-hybridized carbons (Fsp3) is 0.286. The van der Waals surface area contributed by atoms with Gasteiger partial charge in [-0.2, -0.15) is 10.4 Å². The Labute approximate surface area is 167 Å². The van der Waals surface area contributed by atoms with E-state index in [2.05, 4.69) is 16.1 Å². The summed E-state index contributed by atoms with van der Waals surface area (Å²) >= 11 is 6.09. The molecule has 7 heteroatoms. The summed E-state index contributed by atoms with van der Waals surface area (Å²) in [5.41, 5.74) is 3.23. The van der Waals surface area contributed by atoms with Crippen molar-refractivity contribution in [2.75, 3.05) is 13.1 Å². The molecule has 1 amide bonds. The maximum absolute atomic E-state index is 13.2. The van der Waals surface area contributed by atoms with Crippen LogP contribution in [0.2, 0.25) is 5.02 Å². The van der Waals surface area contributed by atoms with E-state index < -0.39 is 5.82 Å². The van der Waals surface area contributed by atoms with Crippen molar-refractivity contribution >= 4 is 23.2 Å². The van der Waals surface area contributed by atoms with Crippen LogP contribution in [0.5, 0.6) is 0 Å². The summed E-state index contributed by atoms with van der Waals surface area (Å²) in [6, 6.07) is 13.9. The standard InChI is InChI=1S/C21H18ClFN4O/c22-19-9-17(23)5-4-16(19)12-27-21(28)18-6-7-26(13-20(18)25-27)11-15-3-1-2-14(8-15)10-24/h1-5,8-9,18H,6-7,11-13H2. The van der Waals surface area contributed by atoms with Gasteiger partial charge in [-0.25, -0.2) is 9.40 Å². The molecule has 4 rings (SSSR count). The molecule has 2 aromatic carbocycles. The quantitative estimate of drug-likeness (QED) is 0.793. The normalized spacial score (nSPS) is 19.3. The Morgan fingerprint density at radius 3 is 2.89 bits per heavy atom. The Kier molecular flexibility index (Phi) is 5.12. The summed E-state index contributed by atoms with van der Waals surface area (Å²) < 4.78 is 13.2. The molecule has 28 heavy (non-hydrogen) atoms. The number of benzene rings is 2. The fourth-order valence-electron chi connectivity index (χ4n) is 3.71. The zero-order valence-corrected chi connectivity index (χ0v) is 15.9. The fourth-order valence-corrected chi connectivity index (χ4v) is 3.93. The van der Waals surface area contributed by atoms with Crippen LogP contribution >= 0.6 is 11.6 Å². The second-order valence-corrected chi connectivity index (χ2v) is 7.49. The van der Waals surface area contributed by atoms with Crippen LogP contribution in [-0.2, 0) is 17.9 Å². The zero-order valence-electron chi connectivity index (χ0n) is 15.1. The van der Waals surface area contributed by atoms with E-state index in [0.717, 1.165) is 17.8 Å². The van der Waals surface area contributed by atoms with E-state index in [4.69, 9.17) is 16.9 Å². The van der Waals surface area contributed by atoms with Gasteiger partial charge in [-0.05, 0) is 41.8 Å². The van der Waals surface area contributed by atoms with Crippen molar-refractivity contribution in [1.82, 2.24) is 9.91 Å². The van der Waals surface area contributed by atoms with Crippen LogP contribution in [0.4, 0.5) is 4.39 Å². The summed E-state index contributed by atoms with van der Waals surface area (Å²) in [6.45, 7) is 2.35. The first-order valence-electron chi connectivity index (χ1n) is 9.07. The van der Waals surface area contributed by atoms with Crippen molar-refractivity contribution in [1.29, 1.82) is 5.26 Å². The minimum absolute atomic E-state index is 0.0264. The SMILES string of the molecule is N#Cc1cccc(CN2CCC3C(=O)N(Cc4ccc(F)cc4Cl)N=C3C2)c1. The second-order valence-electron chi connectivity index (χ2n) is 7.09. The minimum Gasteiger partial charge on any atom is -0.293 e. The highest BCUT2D eigenvalue weighted by Gasteiger charge is 2.39. The van der Waals surface area contributed by atoms with Gasteiger partial charge in [0, 0.05) is 24.7 Å². The van der Waals surface area contributed by atoms with Crippen molar-refractivity contribution < 1.29 is 9.18 Å². The lowest BCUT2D eigenvalue weighted by atomic mass is 9.94. The first-order chi connectivity index (χ1) is 13.5. The molecule has 1 atom stereocenters. The molecule has 5 nitrogen and oxygen atoms in total. The largest absolute Gasteiger partial charge is 0.293 e. The number of halogens is 2.